The van der Waals surface area contributed by atoms with Gasteiger partial charge in [-0.3, -0.25) is 9.59 Å². The first-order chi connectivity index (χ1) is 8.11. The summed E-state index contributed by atoms with van der Waals surface area (Å²) in [6, 6.07) is -0.219. The highest BCUT2D eigenvalue weighted by Crippen LogP contribution is 2.24. The molecule has 6 heteroatoms. The van der Waals surface area contributed by atoms with Crippen LogP contribution in [-0.2, 0) is 4.79 Å². The average molecular weight is 257 g/mol. The van der Waals surface area contributed by atoms with Crippen molar-refractivity contribution in [3.63, 3.8) is 0 Å². The molecule has 3 N–H and O–H groups in total. The summed E-state index contributed by atoms with van der Waals surface area (Å²) in [5.74, 6) is 1.20. The van der Waals surface area contributed by atoms with E-state index in [2.05, 4.69) is 12.2 Å². The van der Waals surface area contributed by atoms with Crippen LogP contribution in [0.4, 0.5) is 4.79 Å². The van der Waals surface area contributed by atoms with Crippen molar-refractivity contribution in [3.05, 3.63) is 0 Å². The molecule has 2 aliphatic rings. The van der Waals surface area contributed by atoms with Gasteiger partial charge in [0.1, 0.15) is 6.04 Å². The summed E-state index contributed by atoms with van der Waals surface area (Å²) < 4.78 is 0. The quantitative estimate of drug-likeness (QED) is 0.750. The lowest BCUT2D eigenvalue weighted by Crippen LogP contribution is -2.54. The lowest BCUT2D eigenvalue weighted by molar-refractivity contribution is -0.136. The number of rotatable bonds is 2. The van der Waals surface area contributed by atoms with Crippen molar-refractivity contribution in [1.29, 1.82) is 0 Å². The molecule has 0 aromatic heterocycles. The second kappa shape index (κ2) is 5.27. The first-order valence-electron chi connectivity index (χ1n) is 6.05. The van der Waals surface area contributed by atoms with E-state index in [0.29, 0.717) is 18.2 Å². The molecule has 5 nitrogen and oxygen atoms in total. The van der Waals surface area contributed by atoms with Gasteiger partial charge in [0, 0.05) is 24.9 Å². The molecule has 2 amide bonds. The number of hydrogen-bond donors (Lipinski definition) is 2. The summed E-state index contributed by atoms with van der Waals surface area (Å²) in [6.45, 7) is 3.46. The Morgan fingerprint density at radius 1 is 1.65 bits per heavy atom. The highest BCUT2D eigenvalue weighted by molar-refractivity contribution is 8.14. The molecule has 0 saturated carbocycles. The van der Waals surface area contributed by atoms with Crippen LogP contribution in [0.1, 0.15) is 19.8 Å². The number of amides is 2. The fourth-order valence-electron chi connectivity index (χ4n) is 2.48. The number of likely N-dealkylation sites (tertiary alicyclic amines) is 1. The van der Waals surface area contributed by atoms with Crippen LogP contribution < -0.4 is 11.1 Å². The van der Waals surface area contributed by atoms with Crippen molar-refractivity contribution >= 4 is 22.9 Å². The Hall–Kier alpha value is -0.750. The maximum atomic E-state index is 12.3. The Labute approximate surface area is 105 Å². The maximum absolute atomic E-state index is 12.3. The number of piperidine rings is 1. The standard InChI is InChI=1S/C11H19N3O2S/c1-7-2-3-14(8(4-7)5-12)10(15)9-6-17-11(16)13-9/h7-9H,2-6,12H2,1H3,(H,13,16)/t7?,8?,9-/m0/s1. The van der Waals surface area contributed by atoms with Crippen molar-refractivity contribution in [1.82, 2.24) is 10.2 Å². The first kappa shape index (κ1) is 12.7. The van der Waals surface area contributed by atoms with Crippen molar-refractivity contribution < 1.29 is 9.59 Å². The minimum Gasteiger partial charge on any atom is -0.337 e. The number of carbonyl (C=O) groups is 2. The molecular formula is C11H19N3O2S. The molecule has 0 bridgehead atoms. The summed E-state index contributed by atoms with van der Waals surface area (Å²) in [4.78, 5) is 25.2. The van der Waals surface area contributed by atoms with Crippen LogP contribution in [0, 0.1) is 5.92 Å². The van der Waals surface area contributed by atoms with E-state index in [1.165, 1.54) is 11.8 Å². The second-order valence-corrected chi connectivity index (χ2v) is 5.84. The molecule has 2 unspecified atom stereocenters. The molecule has 0 radical (unpaired) electrons. The first-order valence-corrected chi connectivity index (χ1v) is 7.04. The van der Waals surface area contributed by atoms with Gasteiger partial charge in [0.15, 0.2) is 0 Å². The van der Waals surface area contributed by atoms with Gasteiger partial charge in [-0.2, -0.15) is 0 Å². The van der Waals surface area contributed by atoms with E-state index in [1.807, 2.05) is 4.90 Å². The fraction of sp³-hybridized carbons (Fsp3) is 0.818. The number of nitrogens with two attached hydrogens (primary N) is 1. The highest BCUT2D eigenvalue weighted by Gasteiger charge is 2.36. The molecule has 96 valence electrons. The number of carbonyl (C=O) groups excluding carboxylic acids is 2. The van der Waals surface area contributed by atoms with E-state index in [0.717, 1.165) is 19.4 Å². The van der Waals surface area contributed by atoms with Crippen molar-refractivity contribution in [3.8, 4) is 0 Å². The zero-order valence-electron chi connectivity index (χ0n) is 10.0. The molecule has 2 heterocycles. The average Bonchev–Trinajstić information content (AvgIpc) is 2.75. The van der Waals surface area contributed by atoms with Gasteiger partial charge in [-0.25, -0.2) is 0 Å². The van der Waals surface area contributed by atoms with E-state index in [1.54, 1.807) is 0 Å². The zero-order chi connectivity index (χ0) is 12.4. The van der Waals surface area contributed by atoms with Gasteiger partial charge in [0.2, 0.25) is 5.91 Å². The van der Waals surface area contributed by atoms with E-state index in [9.17, 15) is 9.59 Å². The maximum Gasteiger partial charge on any atom is 0.279 e. The Kier molecular flexibility index (Phi) is 3.93. The Balaban J connectivity index is 2.00. The Morgan fingerprint density at radius 3 is 3.00 bits per heavy atom. The Morgan fingerprint density at radius 2 is 2.41 bits per heavy atom. The second-order valence-electron chi connectivity index (χ2n) is 4.85. The predicted molar refractivity (Wildman–Crippen MR) is 67.7 cm³/mol. The number of hydrogen-bond acceptors (Lipinski definition) is 4. The van der Waals surface area contributed by atoms with Crippen molar-refractivity contribution in [2.45, 2.75) is 31.8 Å². The molecule has 2 rings (SSSR count). The SMILES string of the molecule is CC1CCN(C(=O)[C@@H]2CSC(=O)N2)C(CN)C1. The van der Waals surface area contributed by atoms with Crippen LogP contribution in [0.3, 0.4) is 0 Å². The third-order valence-corrected chi connectivity index (χ3v) is 4.38. The van der Waals surface area contributed by atoms with Gasteiger partial charge in [-0.05, 0) is 18.8 Å². The molecule has 0 aliphatic carbocycles. The van der Waals surface area contributed by atoms with Crippen LogP contribution in [0.5, 0.6) is 0 Å². The summed E-state index contributed by atoms with van der Waals surface area (Å²) in [6.07, 6.45) is 1.99. The minimum absolute atomic E-state index is 0.0331. The van der Waals surface area contributed by atoms with Crippen LogP contribution >= 0.6 is 11.8 Å². The van der Waals surface area contributed by atoms with Gasteiger partial charge < -0.3 is 16.0 Å². The summed E-state index contributed by atoms with van der Waals surface area (Å²) in [5.41, 5.74) is 5.73. The number of thioether (sulfide) groups is 1. The normalized spacial score (nSPS) is 33.6. The highest BCUT2D eigenvalue weighted by atomic mass is 32.2. The number of nitrogens with one attached hydrogen (secondary N) is 1. The van der Waals surface area contributed by atoms with Crippen LogP contribution in [0.2, 0.25) is 0 Å². The lowest BCUT2D eigenvalue weighted by Gasteiger charge is -2.39. The molecule has 0 aromatic carbocycles. The van der Waals surface area contributed by atoms with Crippen molar-refractivity contribution in [2.24, 2.45) is 11.7 Å². The van der Waals surface area contributed by atoms with Gasteiger partial charge in [0.05, 0.1) is 0 Å². The third kappa shape index (κ3) is 2.74. The zero-order valence-corrected chi connectivity index (χ0v) is 10.8. The molecule has 17 heavy (non-hydrogen) atoms. The van der Waals surface area contributed by atoms with Crippen LogP contribution in [0.25, 0.3) is 0 Å². The molecule has 2 aliphatic heterocycles. The van der Waals surface area contributed by atoms with E-state index in [4.69, 9.17) is 5.73 Å². The predicted octanol–water partition coefficient (Wildman–Crippen LogP) is 0.397. The number of nitrogens with zero attached hydrogens (tertiary/aromatic N) is 1. The molecule has 0 aromatic rings. The fourth-order valence-corrected chi connectivity index (χ4v) is 3.25. The molecular weight excluding hydrogens is 238 g/mol. The van der Waals surface area contributed by atoms with Crippen LogP contribution in [0.15, 0.2) is 0 Å². The summed E-state index contributed by atoms with van der Waals surface area (Å²) in [5, 5.41) is 2.60. The van der Waals surface area contributed by atoms with E-state index >= 15 is 0 Å². The van der Waals surface area contributed by atoms with Gasteiger partial charge in [-0.15, -0.1) is 0 Å². The smallest absolute Gasteiger partial charge is 0.279 e. The Bertz CT molecular complexity index is 324. The topological polar surface area (TPSA) is 75.4 Å². The van der Waals surface area contributed by atoms with Gasteiger partial charge >= 0.3 is 0 Å². The van der Waals surface area contributed by atoms with E-state index < -0.39 is 0 Å². The summed E-state index contributed by atoms with van der Waals surface area (Å²) in [7, 11) is 0. The third-order valence-electron chi connectivity index (χ3n) is 3.50. The molecule has 3 atom stereocenters. The van der Waals surface area contributed by atoms with E-state index in [-0.39, 0.29) is 23.2 Å². The monoisotopic (exact) mass is 257 g/mol. The van der Waals surface area contributed by atoms with Crippen molar-refractivity contribution in [2.75, 3.05) is 18.8 Å². The largest absolute Gasteiger partial charge is 0.337 e. The van der Waals surface area contributed by atoms with Gasteiger partial charge in [0.25, 0.3) is 5.24 Å². The lowest BCUT2D eigenvalue weighted by atomic mass is 9.92. The van der Waals surface area contributed by atoms with Crippen LogP contribution in [-0.4, -0.2) is 47.0 Å². The molecule has 2 fully saturated rings. The molecule has 2 saturated heterocycles. The molecule has 0 spiro atoms. The minimum atomic E-state index is -0.352. The van der Waals surface area contributed by atoms with Gasteiger partial charge in [-0.1, -0.05) is 18.7 Å². The summed E-state index contributed by atoms with van der Waals surface area (Å²) >= 11 is 1.18.